The summed E-state index contributed by atoms with van der Waals surface area (Å²) in [6.07, 6.45) is 1.58. The molecule has 0 bridgehead atoms. The molecular weight excluding hydrogens is 413 g/mol. The van der Waals surface area contributed by atoms with E-state index in [-0.39, 0.29) is 18.7 Å². The number of nitrogens with one attached hydrogen (secondary N) is 1. The summed E-state index contributed by atoms with van der Waals surface area (Å²) in [5.74, 6) is -1.34. The normalized spacial score (nSPS) is 10.7. The number of nitrogens with zero attached hydrogens (tertiary/aromatic N) is 4. The van der Waals surface area contributed by atoms with Crippen molar-refractivity contribution in [3.63, 3.8) is 0 Å². The van der Waals surface area contributed by atoms with Gasteiger partial charge in [0.15, 0.2) is 0 Å². The summed E-state index contributed by atoms with van der Waals surface area (Å²) in [6.45, 7) is -0.279. The molecule has 2 aromatic heterocycles. The van der Waals surface area contributed by atoms with Crippen LogP contribution in [0.2, 0.25) is 0 Å². The van der Waals surface area contributed by atoms with Gasteiger partial charge in [-0.25, -0.2) is 9.18 Å². The van der Waals surface area contributed by atoms with E-state index in [1.165, 1.54) is 18.2 Å². The number of carbonyl (C=O) groups is 1. The molecule has 4 aromatic rings. The Kier molecular flexibility index (Phi) is 5.98. The van der Waals surface area contributed by atoms with E-state index >= 15 is 0 Å². The van der Waals surface area contributed by atoms with Crippen molar-refractivity contribution in [3.05, 3.63) is 123 Å². The Labute approximate surface area is 181 Å². The minimum Gasteiger partial charge on any atom is -0.345 e. The highest BCUT2D eigenvalue weighted by atomic mass is 19.1. The van der Waals surface area contributed by atoms with Crippen molar-refractivity contribution in [1.82, 2.24) is 24.6 Å². The Morgan fingerprint density at radius 1 is 0.938 bits per heavy atom. The number of amides is 1. The lowest BCUT2D eigenvalue weighted by Gasteiger charge is -2.12. The number of aromatic nitrogens is 4. The highest BCUT2D eigenvalue weighted by Gasteiger charge is 2.21. The van der Waals surface area contributed by atoms with Gasteiger partial charge in [0.05, 0.1) is 24.5 Å². The maximum absolute atomic E-state index is 14.2. The van der Waals surface area contributed by atoms with E-state index in [2.05, 4.69) is 15.4 Å². The van der Waals surface area contributed by atoms with E-state index in [9.17, 15) is 18.8 Å². The van der Waals surface area contributed by atoms with Gasteiger partial charge in [0, 0.05) is 11.8 Å². The molecule has 9 heteroatoms. The molecule has 0 aliphatic rings. The molecule has 160 valence electrons. The van der Waals surface area contributed by atoms with Gasteiger partial charge in [0.1, 0.15) is 5.82 Å². The van der Waals surface area contributed by atoms with E-state index in [1.807, 2.05) is 0 Å². The number of hydrogen-bond acceptors (Lipinski definition) is 5. The molecule has 0 atom stereocenters. The molecule has 2 aromatic carbocycles. The molecule has 0 unspecified atom stereocenters. The third-order valence-electron chi connectivity index (χ3n) is 4.72. The first-order chi connectivity index (χ1) is 15.5. The zero-order valence-electron chi connectivity index (χ0n) is 16.8. The lowest BCUT2D eigenvalue weighted by Crippen LogP contribution is -2.46. The Morgan fingerprint density at radius 2 is 1.66 bits per heavy atom. The number of para-hydroxylation sites is 1. The number of hydrogen-bond donors (Lipinski definition) is 1. The third kappa shape index (κ3) is 4.36. The van der Waals surface area contributed by atoms with Crippen molar-refractivity contribution >= 4 is 5.91 Å². The second-order valence-electron chi connectivity index (χ2n) is 6.86. The van der Waals surface area contributed by atoms with E-state index in [4.69, 9.17) is 0 Å². The third-order valence-corrected chi connectivity index (χ3v) is 4.72. The van der Waals surface area contributed by atoms with Crippen LogP contribution < -0.4 is 16.6 Å². The first kappa shape index (κ1) is 20.9. The van der Waals surface area contributed by atoms with Gasteiger partial charge < -0.3 is 5.32 Å². The maximum Gasteiger partial charge on any atom is 0.352 e. The van der Waals surface area contributed by atoms with Crippen molar-refractivity contribution in [2.24, 2.45) is 0 Å². The molecule has 8 nitrogen and oxygen atoms in total. The van der Waals surface area contributed by atoms with Crippen LogP contribution >= 0.6 is 0 Å². The summed E-state index contributed by atoms with van der Waals surface area (Å²) in [6, 6.07) is 19.4. The number of pyridine rings is 1. The summed E-state index contributed by atoms with van der Waals surface area (Å²) in [5, 5.41) is 6.61. The monoisotopic (exact) mass is 431 g/mol. The zero-order chi connectivity index (χ0) is 22.5. The van der Waals surface area contributed by atoms with Crippen molar-refractivity contribution < 1.29 is 9.18 Å². The summed E-state index contributed by atoms with van der Waals surface area (Å²) in [4.78, 5) is 43.0. The molecule has 1 N–H and O–H groups in total. The second kappa shape index (κ2) is 9.17. The fourth-order valence-electron chi connectivity index (χ4n) is 3.09. The molecule has 0 radical (unpaired) electrons. The van der Waals surface area contributed by atoms with E-state index < -0.39 is 28.7 Å². The van der Waals surface area contributed by atoms with Crippen molar-refractivity contribution in [1.29, 1.82) is 0 Å². The Bertz CT molecular complexity index is 1370. The minimum absolute atomic E-state index is 0.0680. The summed E-state index contributed by atoms with van der Waals surface area (Å²) >= 11 is 0. The first-order valence-electron chi connectivity index (χ1n) is 9.75. The second-order valence-corrected chi connectivity index (χ2v) is 6.86. The van der Waals surface area contributed by atoms with Gasteiger partial charge in [-0.2, -0.15) is 9.78 Å². The van der Waals surface area contributed by atoms with E-state index in [0.29, 0.717) is 11.4 Å². The number of rotatable bonds is 6. The molecule has 0 spiro atoms. The standard InChI is InChI=1S/C23H18FN5O3/c24-19-12-5-4-8-16(19)15-28-22(31)20(21(30)26-14-17-9-6-7-13-25-17)27-29(23(28)32)18-10-2-1-3-11-18/h1-13H,14-15H2,(H,26,30). The van der Waals surface area contributed by atoms with Crippen LogP contribution in [0.3, 0.4) is 0 Å². The molecule has 0 fully saturated rings. The quantitative estimate of drug-likeness (QED) is 0.503. The van der Waals surface area contributed by atoms with Crippen LogP contribution in [0.5, 0.6) is 0 Å². The Hall–Kier alpha value is -4.40. The smallest absolute Gasteiger partial charge is 0.345 e. The van der Waals surface area contributed by atoms with Crippen molar-refractivity contribution in [2.75, 3.05) is 0 Å². The van der Waals surface area contributed by atoms with Gasteiger partial charge in [-0.05, 0) is 30.3 Å². The first-order valence-corrected chi connectivity index (χ1v) is 9.75. The molecular formula is C23H18FN5O3. The zero-order valence-corrected chi connectivity index (χ0v) is 16.8. The van der Waals surface area contributed by atoms with Crippen LogP contribution in [-0.2, 0) is 13.1 Å². The van der Waals surface area contributed by atoms with Crippen LogP contribution in [0, 0.1) is 5.82 Å². The van der Waals surface area contributed by atoms with Crippen LogP contribution in [-0.4, -0.2) is 25.2 Å². The van der Waals surface area contributed by atoms with Crippen LogP contribution in [0.25, 0.3) is 5.69 Å². The fraction of sp³-hybridized carbons (Fsp3) is 0.0870. The molecule has 2 heterocycles. The SMILES string of the molecule is O=C(NCc1ccccn1)c1nn(-c2ccccc2)c(=O)n(Cc2ccccc2F)c1=O. The molecule has 0 saturated carbocycles. The van der Waals surface area contributed by atoms with Gasteiger partial charge >= 0.3 is 5.69 Å². The molecule has 0 saturated heterocycles. The van der Waals surface area contributed by atoms with Gasteiger partial charge in [0.25, 0.3) is 11.5 Å². The number of carbonyl (C=O) groups excluding carboxylic acids is 1. The largest absolute Gasteiger partial charge is 0.352 e. The predicted octanol–water partition coefficient (Wildman–Crippen LogP) is 1.91. The van der Waals surface area contributed by atoms with E-state index in [1.54, 1.807) is 60.8 Å². The van der Waals surface area contributed by atoms with Crippen LogP contribution in [0.1, 0.15) is 21.7 Å². The van der Waals surface area contributed by atoms with Crippen molar-refractivity contribution in [3.8, 4) is 5.69 Å². The van der Waals surface area contributed by atoms with Gasteiger partial charge in [-0.15, -0.1) is 0 Å². The van der Waals surface area contributed by atoms with Gasteiger partial charge in [0.2, 0.25) is 5.69 Å². The Morgan fingerprint density at radius 3 is 2.38 bits per heavy atom. The minimum atomic E-state index is -0.913. The molecule has 0 aliphatic carbocycles. The maximum atomic E-state index is 14.2. The average molecular weight is 431 g/mol. The topological polar surface area (TPSA) is 98.9 Å². The Balaban J connectivity index is 1.78. The fourth-order valence-corrected chi connectivity index (χ4v) is 3.09. The molecule has 0 aliphatic heterocycles. The molecule has 32 heavy (non-hydrogen) atoms. The molecule has 1 amide bonds. The summed E-state index contributed by atoms with van der Waals surface area (Å²) < 4.78 is 16.0. The van der Waals surface area contributed by atoms with Gasteiger partial charge in [-0.1, -0.05) is 42.5 Å². The highest BCUT2D eigenvalue weighted by molar-refractivity contribution is 5.91. The average Bonchev–Trinajstić information content (AvgIpc) is 2.82. The van der Waals surface area contributed by atoms with E-state index in [0.717, 1.165) is 9.25 Å². The number of benzene rings is 2. The van der Waals surface area contributed by atoms with Gasteiger partial charge in [-0.3, -0.25) is 19.1 Å². The highest BCUT2D eigenvalue weighted by Crippen LogP contribution is 2.07. The lowest BCUT2D eigenvalue weighted by molar-refractivity contribution is 0.0940. The predicted molar refractivity (Wildman–Crippen MR) is 115 cm³/mol. The number of halogens is 1. The van der Waals surface area contributed by atoms with Crippen LogP contribution in [0.15, 0.2) is 88.6 Å². The van der Waals surface area contributed by atoms with Crippen molar-refractivity contribution in [2.45, 2.75) is 13.1 Å². The lowest BCUT2D eigenvalue weighted by atomic mass is 10.2. The molecule has 4 rings (SSSR count). The summed E-state index contributed by atoms with van der Waals surface area (Å²) in [5.41, 5.74) is -1.10. The summed E-state index contributed by atoms with van der Waals surface area (Å²) in [7, 11) is 0. The van der Waals surface area contributed by atoms with Crippen LogP contribution in [0.4, 0.5) is 4.39 Å².